The van der Waals surface area contributed by atoms with Gasteiger partial charge in [-0.05, 0) is 53.9 Å². The fraction of sp³-hybridized carbons (Fsp3) is 0.174. The van der Waals surface area contributed by atoms with Crippen molar-refractivity contribution in [3.63, 3.8) is 0 Å². The molecule has 1 aliphatic rings. The Morgan fingerprint density at radius 3 is 2.41 bits per heavy atom. The highest BCUT2D eigenvalue weighted by atomic mass is 32.1. The number of amides is 1. The van der Waals surface area contributed by atoms with Gasteiger partial charge in [0.2, 0.25) is 0 Å². The summed E-state index contributed by atoms with van der Waals surface area (Å²) < 4.78 is 15.3. The van der Waals surface area contributed by atoms with Crippen LogP contribution in [0.2, 0.25) is 0 Å². The third-order valence-electron chi connectivity index (χ3n) is 5.40. The topological polar surface area (TPSA) is 28.5 Å². The number of rotatable bonds is 3. The van der Waals surface area contributed by atoms with Gasteiger partial charge in [0.05, 0.1) is 10.4 Å². The number of carbonyl (C=O) groups is 1. The number of thiophene rings is 1. The molecule has 29 heavy (non-hydrogen) atoms. The van der Waals surface area contributed by atoms with E-state index in [2.05, 4.69) is 27.7 Å². The second kappa shape index (κ2) is 7.37. The van der Waals surface area contributed by atoms with Crippen LogP contribution in [0.15, 0.2) is 72.9 Å². The summed E-state index contributed by atoms with van der Waals surface area (Å²) in [5, 5.41) is 2.23. The maximum absolute atomic E-state index is 13.1. The summed E-state index contributed by atoms with van der Waals surface area (Å²) in [7, 11) is 0. The molecule has 2 aromatic carbocycles. The summed E-state index contributed by atoms with van der Waals surface area (Å²) in [6.07, 6.45) is 2.05. The zero-order valence-electron chi connectivity index (χ0n) is 15.8. The van der Waals surface area contributed by atoms with Crippen LogP contribution >= 0.6 is 11.3 Å². The number of carbonyl (C=O) groups excluding carboxylic acids is 1. The van der Waals surface area contributed by atoms with Gasteiger partial charge in [-0.2, -0.15) is 0 Å². The Bertz CT molecular complexity index is 1160. The molecule has 146 valence electrons. The van der Waals surface area contributed by atoms with Crippen molar-refractivity contribution in [2.24, 2.45) is 0 Å². The number of nitrogens with zero attached hydrogens (tertiary/aromatic N) is 3. The third kappa shape index (κ3) is 3.40. The Morgan fingerprint density at radius 2 is 1.62 bits per heavy atom. The van der Waals surface area contributed by atoms with Crippen molar-refractivity contribution in [3.8, 4) is 5.00 Å². The second-order valence-corrected chi connectivity index (χ2v) is 8.20. The van der Waals surface area contributed by atoms with Crippen LogP contribution in [-0.4, -0.2) is 41.6 Å². The molecule has 1 aliphatic heterocycles. The molecule has 0 radical (unpaired) electrons. The van der Waals surface area contributed by atoms with E-state index in [1.807, 2.05) is 35.4 Å². The molecule has 0 unspecified atom stereocenters. The molecular weight excluding hydrogens is 385 g/mol. The van der Waals surface area contributed by atoms with E-state index >= 15 is 0 Å². The number of benzene rings is 2. The summed E-state index contributed by atoms with van der Waals surface area (Å²) in [5.41, 5.74) is 2.14. The van der Waals surface area contributed by atoms with Crippen LogP contribution < -0.4 is 4.90 Å². The number of hydrogen-bond donors (Lipinski definition) is 0. The van der Waals surface area contributed by atoms with Crippen LogP contribution in [-0.2, 0) is 0 Å². The zero-order chi connectivity index (χ0) is 19.8. The normalized spacial score (nSPS) is 14.5. The first-order valence-corrected chi connectivity index (χ1v) is 10.5. The monoisotopic (exact) mass is 405 g/mol. The van der Waals surface area contributed by atoms with Gasteiger partial charge in [0.1, 0.15) is 10.8 Å². The van der Waals surface area contributed by atoms with E-state index in [9.17, 15) is 9.18 Å². The summed E-state index contributed by atoms with van der Waals surface area (Å²) >= 11 is 1.52. The van der Waals surface area contributed by atoms with E-state index in [0.29, 0.717) is 13.1 Å². The van der Waals surface area contributed by atoms with E-state index in [1.54, 1.807) is 12.1 Å². The van der Waals surface area contributed by atoms with Crippen LogP contribution in [0.4, 0.5) is 10.1 Å². The van der Waals surface area contributed by atoms with Gasteiger partial charge in [-0.1, -0.05) is 18.2 Å². The Labute approximate surface area is 172 Å². The highest BCUT2D eigenvalue weighted by molar-refractivity contribution is 7.16. The molecule has 0 atom stereocenters. The lowest BCUT2D eigenvalue weighted by atomic mass is 10.2. The van der Waals surface area contributed by atoms with Crippen molar-refractivity contribution in [1.29, 1.82) is 0 Å². The van der Waals surface area contributed by atoms with Crippen molar-refractivity contribution in [3.05, 3.63) is 83.6 Å². The van der Waals surface area contributed by atoms with E-state index in [-0.39, 0.29) is 11.7 Å². The second-order valence-electron chi connectivity index (χ2n) is 7.14. The number of anilines is 1. The van der Waals surface area contributed by atoms with E-state index < -0.39 is 0 Å². The molecule has 6 heteroatoms. The number of fused-ring (bicyclic) bond motifs is 1. The molecule has 1 fully saturated rings. The fourth-order valence-corrected chi connectivity index (χ4v) is 4.79. The predicted octanol–water partition coefficient (Wildman–Crippen LogP) is 4.79. The summed E-state index contributed by atoms with van der Waals surface area (Å²) in [4.78, 5) is 17.8. The number of aromatic nitrogens is 1. The van der Waals surface area contributed by atoms with Crippen molar-refractivity contribution in [2.75, 3.05) is 31.1 Å². The Hall–Kier alpha value is -3.12. The maximum atomic E-state index is 13.1. The number of hydrogen-bond acceptors (Lipinski definition) is 3. The minimum Gasteiger partial charge on any atom is -0.368 e. The molecule has 3 heterocycles. The van der Waals surface area contributed by atoms with Gasteiger partial charge in [-0.3, -0.25) is 4.79 Å². The SMILES string of the molecule is O=C(c1ccc(-n2ccc3ccccc32)s1)N1CCN(c2ccc(F)cc2)CC1. The van der Waals surface area contributed by atoms with E-state index in [0.717, 1.165) is 34.2 Å². The highest BCUT2D eigenvalue weighted by Gasteiger charge is 2.23. The van der Waals surface area contributed by atoms with Gasteiger partial charge < -0.3 is 14.4 Å². The lowest BCUT2D eigenvalue weighted by Gasteiger charge is -2.36. The van der Waals surface area contributed by atoms with Gasteiger partial charge in [0.15, 0.2) is 0 Å². The van der Waals surface area contributed by atoms with Crippen LogP contribution in [0.1, 0.15) is 9.67 Å². The molecule has 4 aromatic rings. The van der Waals surface area contributed by atoms with Crippen molar-refractivity contribution < 1.29 is 9.18 Å². The summed E-state index contributed by atoms with van der Waals surface area (Å²) in [6.45, 7) is 2.82. The minimum absolute atomic E-state index is 0.0801. The molecule has 1 saturated heterocycles. The van der Waals surface area contributed by atoms with Gasteiger partial charge >= 0.3 is 0 Å². The average molecular weight is 405 g/mol. The molecular formula is C23H20FN3OS. The van der Waals surface area contributed by atoms with Gasteiger partial charge in [0, 0.05) is 38.1 Å². The van der Waals surface area contributed by atoms with Crippen molar-refractivity contribution in [2.45, 2.75) is 0 Å². The molecule has 4 nitrogen and oxygen atoms in total. The first-order valence-electron chi connectivity index (χ1n) is 9.65. The molecule has 0 aliphatic carbocycles. The average Bonchev–Trinajstić information content (AvgIpc) is 3.41. The van der Waals surface area contributed by atoms with Crippen molar-refractivity contribution in [1.82, 2.24) is 9.47 Å². The molecule has 0 spiro atoms. The predicted molar refractivity (Wildman–Crippen MR) is 116 cm³/mol. The van der Waals surface area contributed by atoms with Gasteiger partial charge in [-0.15, -0.1) is 11.3 Å². The fourth-order valence-electron chi connectivity index (χ4n) is 3.82. The first kappa shape index (κ1) is 17.9. The molecule has 1 amide bonds. The van der Waals surface area contributed by atoms with E-state index in [1.165, 1.54) is 28.9 Å². The third-order valence-corrected chi connectivity index (χ3v) is 6.47. The van der Waals surface area contributed by atoms with Crippen LogP contribution in [0, 0.1) is 5.82 Å². The Balaban J connectivity index is 1.29. The molecule has 2 aromatic heterocycles. The molecule has 0 bridgehead atoms. The van der Waals surface area contributed by atoms with E-state index in [4.69, 9.17) is 0 Å². The van der Waals surface area contributed by atoms with Crippen LogP contribution in [0.25, 0.3) is 15.9 Å². The van der Waals surface area contributed by atoms with Gasteiger partial charge in [0.25, 0.3) is 5.91 Å². The highest BCUT2D eigenvalue weighted by Crippen LogP contribution is 2.27. The number of para-hydroxylation sites is 1. The first-order chi connectivity index (χ1) is 14.2. The Morgan fingerprint density at radius 1 is 0.862 bits per heavy atom. The molecule has 0 N–H and O–H groups in total. The minimum atomic E-state index is -0.230. The van der Waals surface area contributed by atoms with Crippen LogP contribution in [0.3, 0.4) is 0 Å². The molecule has 5 rings (SSSR count). The number of piperazine rings is 1. The number of halogens is 1. The summed E-state index contributed by atoms with van der Waals surface area (Å²) in [5.74, 6) is -0.150. The van der Waals surface area contributed by atoms with Crippen LogP contribution in [0.5, 0.6) is 0 Å². The Kier molecular flexibility index (Phi) is 4.56. The maximum Gasteiger partial charge on any atom is 0.264 e. The molecule has 0 saturated carbocycles. The lowest BCUT2D eigenvalue weighted by molar-refractivity contribution is 0.0751. The lowest BCUT2D eigenvalue weighted by Crippen LogP contribution is -2.48. The smallest absolute Gasteiger partial charge is 0.264 e. The zero-order valence-corrected chi connectivity index (χ0v) is 16.6. The van der Waals surface area contributed by atoms with Gasteiger partial charge in [-0.25, -0.2) is 4.39 Å². The standard InChI is InChI=1S/C23H20FN3OS/c24-18-5-7-19(8-6-18)25-13-15-26(16-14-25)23(28)21-9-10-22(29-21)27-12-11-17-3-1-2-4-20(17)27/h1-12H,13-16H2. The quantitative estimate of drug-likeness (QED) is 0.490. The largest absolute Gasteiger partial charge is 0.368 e. The summed E-state index contributed by atoms with van der Waals surface area (Å²) in [6, 6.07) is 20.8. The van der Waals surface area contributed by atoms with Crippen molar-refractivity contribution >= 4 is 33.8 Å².